The Kier molecular flexibility index (Phi) is 5.07. The smallest absolute Gasteiger partial charge is 0.354 e. The molecule has 0 bridgehead atoms. The van der Waals surface area contributed by atoms with Crippen LogP contribution in [0.25, 0.3) is 0 Å². The summed E-state index contributed by atoms with van der Waals surface area (Å²) >= 11 is 0. The number of anilines is 1. The van der Waals surface area contributed by atoms with Crippen LogP contribution in [0, 0.1) is 12.8 Å². The van der Waals surface area contributed by atoms with Crippen molar-refractivity contribution in [1.29, 1.82) is 0 Å². The Balaban J connectivity index is 2.73. The largest absolute Gasteiger partial charge is 0.477 e. The van der Waals surface area contributed by atoms with Gasteiger partial charge in [0.1, 0.15) is 0 Å². The van der Waals surface area contributed by atoms with E-state index in [-0.39, 0.29) is 5.69 Å². The fourth-order valence-electron chi connectivity index (χ4n) is 1.67. The molecule has 0 amide bonds. The van der Waals surface area contributed by atoms with Crippen molar-refractivity contribution >= 4 is 11.9 Å². The van der Waals surface area contributed by atoms with E-state index in [0.29, 0.717) is 17.6 Å². The van der Waals surface area contributed by atoms with Gasteiger partial charge in [0, 0.05) is 19.3 Å². The molecular weight excluding hydrogens is 230 g/mol. The number of rotatable bonds is 6. The second kappa shape index (κ2) is 6.33. The van der Waals surface area contributed by atoms with Crippen LogP contribution in [-0.2, 0) is 0 Å². The number of hydrogen-bond acceptors (Lipinski definition) is 4. The van der Waals surface area contributed by atoms with Gasteiger partial charge in [-0.3, -0.25) is 0 Å². The molecule has 0 spiro atoms. The van der Waals surface area contributed by atoms with Gasteiger partial charge in [0.05, 0.1) is 0 Å². The van der Waals surface area contributed by atoms with E-state index >= 15 is 0 Å². The molecule has 0 aliphatic heterocycles. The van der Waals surface area contributed by atoms with E-state index < -0.39 is 5.97 Å². The SMILES string of the molecule is Cc1cc(C(=O)O)nc(N(C)CCCC(C)C)n1. The zero-order valence-electron chi connectivity index (χ0n) is 11.5. The van der Waals surface area contributed by atoms with Gasteiger partial charge in [-0.1, -0.05) is 13.8 Å². The molecule has 1 aromatic heterocycles. The topological polar surface area (TPSA) is 66.3 Å². The minimum absolute atomic E-state index is 0.0493. The lowest BCUT2D eigenvalue weighted by Gasteiger charge is -2.18. The lowest BCUT2D eigenvalue weighted by molar-refractivity contribution is 0.0690. The highest BCUT2D eigenvalue weighted by Gasteiger charge is 2.11. The van der Waals surface area contributed by atoms with Crippen molar-refractivity contribution in [3.63, 3.8) is 0 Å². The third-order valence-corrected chi connectivity index (χ3v) is 2.68. The molecule has 18 heavy (non-hydrogen) atoms. The van der Waals surface area contributed by atoms with E-state index in [9.17, 15) is 4.79 Å². The molecule has 0 saturated carbocycles. The van der Waals surface area contributed by atoms with Crippen LogP contribution in [0.2, 0.25) is 0 Å². The molecule has 0 saturated heterocycles. The molecule has 0 unspecified atom stereocenters. The van der Waals surface area contributed by atoms with Crippen molar-refractivity contribution in [2.75, 3.05) is 18.5 Å². The molecule has 0 aromatic carbocycles. The molecule has 0 radical (unpaired) electrons. The van der Waals surface area contributed by atoms with Crippen molar-refractivity contribution in [3.8, 4) is 0 Å². The molecule has 0 aliphatic carbocycles. The van der Waals surface area contributed by atoms with Crippen LogP contribution in [0.3, 0.4) is 0 Å². The minimum atomic E-state index is -1.02. The molecule has 100 valence electrons. The predicted octanol–water partition coefficient (Wildman–Crippen LogP) is 2.36. The summed E-state index contributed by atoms with van der Waals surface area (Å²) in [5.74, 6) is 0.139. The Labute approximate surface area is 108 Å². The maximum Gasteiger partial charge on any atom is 0.354 e. The third-order valence-electron chi connectivity index (χ3n) is 2.68. The summed E-state index contributed by atoms with van der Waals surface area (Å²) in [6.07, 6.45) is 2.19. The van der Waals surface area contributed by atoms with Gasteiger partial charge in [0.25, 0.3) is 0 Å². The average Bonchev–Trinajstić information content (AvgIpc) is 2.27. The summed E-state index contributed by atoms with van der Waals surface area (Å²) in [7, 11) is 1.89. The van der Waals surface area contributed by atoms with E-state index in [1.807, 2.05) is 11.9 Å². The van der Waals surface area contributed by atoms with E-state index in [4.69, 9.17) is 5.11 Å². The first kappa shape index (κ1) is 14.4. The van der Waals surface area contributed by atoms with Gasteiger partial charge in [-0.15, -0.1) is 0 Å². The first-order chi connectivity index (χ1) is 8.40. The number of aromatic carboxylic acids is 1. The zero-order chi connectivity index (χ0) is 13.7. The third kappa shape index (κ3) is 4.31. The summed E-state index contributed by atoms with van der Waals surface area (Å²) in [5, 5.41) is 8.96. The van der Waals surface area contributed by atoms with Crippen molar-refractivity contribution in [3.05, 3.63) is 17.5 Å². The zero-order valence-corrected chi connectivity index (χ0v) is 11.5. The highest BCUT2D eigenvalue weighted by Crippen LogP contribution is 2.11. The van der Waals surface area contributed by atoms with Crippen molar-refractivity contribution in [2.45, 2.75) is 33.6 Å². The van der Waals surface area contributed by atoms with Gasteiger partial charge in [-0.05, 0) is 31.7 Å². The Hall–Kier alpha value is -1.65. The fraction of sp³-hybridized carbons (Fsp3) is 0.615. The predicted molar refractivity (Wildman–Crippen MR) is 71.1 cm³/mol. The maximum atomic E-state index is 10.9. The van der Waals surface area contributed by atoms with E-state index in [2.05, 4.69) is 23.8 Å². The molecule has 0 atom stereocenters. The van der Waals surface area contributed by atoms with Crippen LogP contribution in [0.1, 0.15) is 42.9 Å². The average molecular weight is 251 g/mol. The highest BCUT2D eigenvalue weighted by atomic mass is 16.4. The van der Waals surface area contributed by atoms with E-state index in [1.165, 1.54) is 6.07 Å². The van der Waals surface area contributed by atoms with Crippen molar-refractivity contribution in [1.82, 2.24) is 9.97 Å². The Morgan fingerprint density at radius 1 is 1.44 bits per heavy atom. The number of aryl methyl sites for hydroxylation is 1. The lowest BCUT2D eigenvalue weighted by atomic mass is 10.1. The maximum absolute atomic E-state index is 10.9. The molecule has 1 rings (SSSR count). The summed E-state index contributed by atoms with van der Waals surface area (Å²) in [6, 6.07) is 1.48. The standard InChI is InChI=1S/C13H21N3O2/c1-9(2)6-5-7-16(4)13-14-10(3)8-11(15-13)12(17)18/h8-9H,5-7H2,1-4H3,(H,17,18). The highest BCUT2D eigenvalue weighted by molar-refractivity contribution is 5.85. The van der Waals surface area contributed by atoms with Gasteiger partial charge in [-0.25, -0.2) is 14.8 Å². The first-order valence-electron chi connectivity index (χ1n) is 6.20. The van der Waals surface area contributed by atoms with Crippen LogP contribution in [0.4, 0.5) is 5.95 Å². The van der Waals surface area contributed by atoms with Gasteiger partial charge in [0.2, 0.25) is 5.95 Å². The van der Waals surface area contributed by atoms with Crippen LogP contribution < -0.4 is 4.90 Å². The normalized spacial score (nSPS) is 10.7. The number of aromatic nitrogens is 2. The van der Waals surface area contributed by atoms with Crippen LogP contribution in [0.5, 0.6) is 0 Å². The second-order valence-corrected chi connectivity index (χ2v) is 4.96. The molecule has 1 N–H and O–H groups in total. The van der Waals surface area contributed by atoms with Crippen molar-refractivity contribution in [2.24, 2.45) is 5.92 Å². The second-order valence-electron chi connectivity index (χ2n) is 4.96. The molecule has 0 aliphatic rings. The minimum Gasteiger partial charge on any atom is -0.477 e. The number of carboxylic acid groups (broad SMARTS) is 1. The molecular formula is C13H21N3O2. The quantitative estimate of drug-likeness (QED) is 0.840. The molecule has 1 aromatic rings. The van der Waals surface area contributed by atoms with Gasteiger partial charge in [0.15, 0.2) is 5.69 Å². The van der Waals surface area contributed by atoms with E-state index in [1.54, 1.807) is 6.92 Å². The van der Waals surface area contributed by atoms with Gasteiger partial charge >= 0.3 is 5.97 Å². The molecule has 0 fully saturated rings. The molecule has 5 heteroatoms. The van der Waals surface area contributed by atoms with Crippen LogP contribution in [0.15, 0.2) is 6.07 Å². The number of nitrogens with zero attached hydrogens (tertiary/aromatic N) is 3. The summed E-state index contributed by atoms with van der Waals surface area (Å²) in [5.41, 5.74) is 0.723. The number of hydrogen-bond donors (Lipinski definition) is 1. The van der Waals surface area contributed by atoms with E-state index in [0.717, 1.165) is 19.4 Å². The molecule has 1 heterocycles. The van der Waals surface area contributed by atoms with Gasteiger partial charge < -0.3 is 10.0 Å². The monoisotopic (exact) mass is 251 g/mol. The Morgan fingerprint density at radius 3 is 2.67 bits per heavy atom. The fourth-order valence-corrected chi connectivity index (χ4v) is 1.67. The summed E-state index contributed by atoms with van der Waals surface area (Å²) in [6.45, 7) is 6.98. The Bertz CT molecular complexity index is 419. The van der Waals surface area contributed by atoms with Crippen LogP contribution >= 0.6 is 0 Å². The number of carbonyl (C=O) groups is 1. The summed E-state index contributed by atoms with van der Waals surface area (Å²) in [4.78, 5) is 21.1. The van der Waals surface area contributed by atoms with Crippen LogP contribution in [-0.4, -0.2) is 34.6 Å². The van der Waals surface area contributed by atoms with Gasteiger partial charge in [-0.2, -0.15) is 0 Å². The molecule has 5 nitrogen and oxygen atoms in total. The van der Waals surface area contributed by atoms with Crippen molar-refractivity contribution < 1.29 is 9.90 Å². The Morgan fingerprint density at radius 2 is 2.11 bits per heavy atom. The number of carboxylic acids is 1. The summed E-state index contributed by atoms with van der Waals surface area (Å²) < 4.78 is 0. The first-order valence-corrected chi connectivity index (χ1v) is 6.20. The lowest BCUT2D eigenvalue weighted by Crippen LogP contribution is -2.22.